The molecule has 0 aliphatic carbocycles. The SMILES string of the molecule is COc1cccc(F)c1-c1ccc2c(c1)OCC(C)(C)C2NC(=O)O. The van der Waals surface area contributed by atoms with Gasteiger partial charge in [-0.25, -0.2) is 9.18 Å². The Kier molecular flexibility index (Phi) is 4.29. The van der Waals surface area contributed by atoms with Crippen molar-refractivity contribution in [1.82, 2.24) is 5.32 Å². The Bertz CT molecular complexity index is 819. The number of nitrogens with one attached hydrogen (secondary N) is 1. The summed E-state index contributed by atoms with van der Waals surface area (Å²) in [6, 6.07) is 9.49. The van der Waals surface area contributed by atoms with E-state index in [1.807, 2.05) is 13.8 Å². The Labute approximate surface area is 145 Å². The van der Waals surface area contributed by atoms with E-state index in [1.54, 1.807) is 30.3 Å². The largest absolute Gasteiger partial charge is 0.496 e. The number of fused-ring (bicyclic) bond motifs is 1. The van der Waals surface area contributed by atoms with Crippen LogP contribution in [0.2, 0.25) is 0 Å². The zero-order chi connectivity index (χ0) is 18.2. The number of amides is 1. The molecule has 2 aromatic carbocycles. The molecule has 0 aromatic heterocycles. The van der Waals surface area contributed by atoms with Crippen LogP contribution in [0.25, 0.3) is 11.1 Å². The zero-order valence-corrected chi connectivity index (χ0v) is 14.3. The van der Waals surface area contributed by atoms with Crippen LogP contribution in [0.5, 0.6) is 11.5 Å². The minimum absolute atomic E-state index is 0.350. The average Bonchev–Trinajstić information content (AvgIpc) is 2.56. The van der Waals surface area contributed by atoms with Crippen LogP contribution in [0, 0.1) is 11.2 Å². The molecule has 0 saturated carbocycles. The Morgan fingerprint density at radius 1 is 1.36 bits per heavy atom. The molecule has 5 nitrogen and oxygen atoms in total. The second-order valence-electron chi connectivity index (χ2n) is 6.73. The van der Waals surface area contributed by atoms with E-state index < -0.39 is 23.4 Å². The standard InChI is InChI=1S/C19H20FNO4/c1-19(2)10-25-15-9-11(7-8-12(15)17(19)21-18(22)23)16-13(20)5-4-6-14(16)24-3/h4-9,17,21H,10H2,1-3H3,(H,22,23). The second-order valence-corrected chi connectivity index (χ2v) is 6.73. The van der Waals surface area contributed by atoms with E-state index in [0.29, 0.717) is 29.2 Å². The predicted molar refractivity (Wildman–Crippen MR) is 91.6 cm³/mol. The molecule has 0 bridgehead atoms. The van der Waals surface area contributed by atoms with Crippen molar-refractivity contribution in [3.8, 4) is 22.6 Å². The predicted octanol–water partition coefficient (Wildman–Crippen LogP) is 4.23. The lowest BCUT2D eigenvalue weighted by Crippen LogP contribution is -2.43. The van der Waals surface area contributed by atoms with Crippen molar-refractivity contribution >= 4 is 6.09 Å². The van der Waals surface area contributed by atoms with Gasteiger partial charge in [-0.3, -0.25) is 0 Å². The van der Waals surface area contributed by atoms with E-state index in [9.17, 15) is 9.18 Å². The maximum Gasteiger partial charge on any atom is 0.405 e. The quantitative estimate of drug-likeness (QED) is 0.874. The molecule has 25 heavy (non-hydrogen) atoms. The van der Waals surface area contributed by atoms with Gasteiger partial charge in [-0.05, 0) is 23.8 Å². The molecule has 1 amide bonds. The summed E-state index contributed by atoms with van der Waals surface area (Å²) in [5.74, 6) is 0.577. The normalized spacial score (nSPS) is 18.0. The third-order valence-corrected chi connectivity index (χ3v) is 4.46. The van der Waals surface area contributed by atoms with Crippen LogP contribution in [0.15, 0.2) is 36.4 Å². The van der Waals surface area contributed by atoms with E-state index >= 15 is 0 Å². The number of methoxy groups -OCH3 is 1. The van der Waals surface area contributed by atoms with Crippen molar-refractivity contribution in [3.05, 3.63) is 47.8 Å². The highest BCUT2D eigenvalue weighted by atomic mass is 19.1. The summed E-state index contributed by atoms with van der Waals surface area (Å²) in [5, 5.41) is 11.7. The summed E-state index contributed by atoms with van der Waals surface area (Å²) in [5.41, 5.74) is 1.30. The van der Waals surface area contributed by atoms with Crippen LogP contribution < -0.4 is 14.8 Å². The van der Waals surface area contributed by atoms with E-state index in [-0.39, 0.29) is 0 Å². The van der Waals surface area contributed by atoms with Crippen molar-refractivity contribution in [3.63, 3.8) is 0 Å². The molecular formula is C19H20FNO4. The third-order valence-electron chi connectivity index (χ3n) is 4.46. The number of carboxylic acid groups (broad SMARTS) is 1. The Hall–Kier alpha value is -2.76. The van der Waals surface area contributed by atoms with Gasteiger partial charge in [-0.2, -0.15) is 0 Å². The topological polar surface area (TPSA) is 67.8 Å². The fraction of sp³-hybridized carbons (Fsp3) is 0.316. The molecule has 1 aliphatic heterocycles. The molecule has 1 heterocycles. The lowest BCUT2D eigenvalue weighted by atomic mass is 9.78. The number of halogens is 1. The first-order valence-corrected chi connectivity index (χ1v) is 7.92. The summed E-state index contributed by atoms with van der Waals surface area (Å²) in [4.78, 5) is 11.2. The molecule has 2 N–H and O–H groups in total. The van der Waals surface area contributed by atoms with Gasteiger partial charge in [0.2, 0.25) is 0 Å². The number of benzene rings is 2. The first-order chi connectivity index (χ1) is 11.8. The monoisotopic (exact) mass is 345 g/mol. The van der Waals surface area contributed by atoms with Crippen molar-refractivity contribution in [2.24, 2.45) is 5.41 Å². The van der Waals surface area contributed by atoms with Gasteiger partial charge in [-0.15, -0.1) is 0 Å². The number of ether oxygens (including phenoxy) is 2. The highest BCUT2D eigenvalue weighted by Gasteiger charge is 2.38. The molecule has 132 valence electrons. The van der Waals surface area contributed by atoms with E-state index in [4.69, 9.17) is 14.6 Å². The molecule has 0 saturated heterocycles. The summed E-state index contributed by atoms with van der Waals surface area (Å²) < 4.78 is 25.4. The van der Waals surface area contributed by atoms with Gasteiger partial charge in [0.05, 0.1) is 25.3 Å². The summed E-state index contributed by atoms with van der Waals surface area (Å²) in [6.07, 6.45) is -1.09. The number of carbonyl (C=O) groups is 1. The fourth-order valence-corrected chi connectivity index (χ4v) is 3.17. The van der Waals surface area contributed by atoms with Gasteiger partial charge in [0.15, 0.2) is 0 Å². The van der Waals surface area contributed by atoms with Gasteiger partial charge in [0.1, 0.15) is 17.3 Å². The highest BCUT2D eigenvalue weighted by Crippen LogP contribution is 2.45. The third kappa shape index (κ3) is 3.12. The lowest BCUT2D eigenvalue weighted by Gasteiger charge is -2.39. The van der Waals surface area contributed by atoms with Crippen LogP contribution in [0.3, 0.4) is 0 Å². The molecule has 6 heteroatoms. The van der Waals surface area contributed by atoms with Gasteiger partial charge >= 0.3 is 6.09 Å². The maximum absolute atomic E-state index is 14.3. The summed E-state index contributed by atoms with van der Waals surface area (Å²) >= 11 is 0. The summed E-state index contributed by atoms with van der Waals surface area (Å²) in [7, 11) is 1.49. The molecule has 1 aliphatic rings. The first kappa shape index (κ1) is 17.1. The van der Waals surface area contributed by atoms with Crippen LogP contribution >= 0.6 is 0 Å². The lowest BCUT2D eigenvalue weighted by molar-refractivity contribution is 0.0996. The van der Waals surface area contributed by atoms with Crippen molar-refractivity contribution < 1.29 is 23.8 Å². The Balaban J connectivity index is 2.08. The Morgan fingerprint density at radius 3 is 2.80 bits per heavy atom. The smallest absolute Gasteiger partial charge is 0.405 e. The molecule has 0 radical (unpaired) electrons. The van der Waals surface area contributed by atoms with E-state index in [1.165, 1.54) is 13.2 Å². The van der Waals surface area contributed by atoms with Gasteiger partial charge in [-0.1, -0.05) is 32.0 Å². The molecule has 0 fully saturated rings. The highest BCUT2D eigenvalue weighted by molar-refractivity contribution is 5.73. The fourth-order valence-electron chi connectivity index (χ4n) is 3.17. The number of hydrogen-bond donors (Lipinski definition) is 2. The Morgan fingerprint density at radius 2 is 2.12 bits per heavy atom. The van der Waals surface area contributed by atoms with Crippen LogP contribution in [-0.2, 0) is 0 Å². The number of rotatable bonds is 3. The molecule has 3 rings (SSSR count). The second kappa shape index (κ2) is 6.27. The maximum atomic E-state index is 14.3. The molecule has 1 unspecified atom stereocenters. The van der Waals surface area contributed by atoms with E-state index in [2.05, 4.69) is 5.32 Å². The van der Waals surface area contributed by atoms with Gasteiger partial charge in [0.25, 0.3) is 0 Å². The zero-order valence-electron chi connectivity index (χ0n) is 14.3. The first-order valence-electron chi connectivity index (χ1n) is 7.92. The molecule has 0 spiro atoms. The van der Waals surface area contributed by atoms with Crippen LogP contribution in [-0.4, -0.2) is 24.9 Å². The molecule has 2 aromatic rings. The van der Waals surface area contributed by atoms with Crippen molar-refractivity contribution in [1.29, 1.82) is 0 Å². The molecular weight excluding hydrogens is 325 g/mol. The minimum Gasteiger partial charge on any atom is -0.496 e. The van der Waals surface area contributed by atoms with E-state index in [0.717, 1.165) is 5.56 Å². The molecule has 1 atom stereocenters. The minimum atomic E-state index is -1.09. The van der Waals surface area contributed by atoms with Crippen molar-refractivity contribution in [2.45, 2.75) is 19.9 Å². The van der Waals surface area contributed by atoms with Gasteiger partial charge in [0, 0.05) is 11.0 Å². The van der Waals surface area contributed by atoms with Crippen molar-refractivity contribution in [2.75, 3.05) is 13.7 Å². The average molecular weight is 345 g/mol. The van der Waals surface area contributed by atoms with Gasteiger partial charge < -0.3 is 19.9 Å². The summed E-state index contributed by atoms with van der Waals surface area (Å²) in [6.45, 7) is 4.22. The van der Waals surface area contributed by atoms with Crippen LogP contribution in [0.4, 0.5) is 9.18 Å². The van der Waals surface area contributed by atoms with Crippen LogP contribution in [0.1, 0.15) is 25.5 Å². The number of hydrogen-bond acceptors (Lipinski definition) is 3.